The van der Waals surface area contributed by atoms with Crippen molar-refractivity contribution >= 4 is 28.5 Å². The van der Waals surface area contributed by atoms with E-state index >= 15 is 0 Å². The number of carbonyl (C=O) groups excluding carboxylic acids is 2. The maximum Gasteiger partial charge on any atom is 0.342 e. The van der Waals surface area contributed by atoms with E-state index < -0.39 is 5.97 Å². The van der Waals surface area contributed by atoms with Crippen LogP contribution in [0.2, 0.25) is 0 Å². The maximum absolute atomic E-state index is 13.0. The predicted octanol–water partition coefficient (Wildman–Crippen LogP) is 5.63. The van der Waals surface area contributed by atoms with Gasteiger partial charge in [0.15, 0.2) is 6.61 Å². The van der Waals surface area contributed by atoms with Gasteiger partial charge in [-0.3, -0.25) is 4.79 Å². The number of hydrogen-bond donors (Lipinski definition) is 0. The Morgan fingerprint density at radius 1 is 1.00 bits per heavy atom. The highest BCUT2D eigenvalue weighted by molar-refractivity contribution is 6.09. The molecule has 0 saturated heterocycles. The summed E-state index contributed by atoms with van der Waals surface area (Å²) < 4.78 is 17.2. The van der Waals surface area contributed by atoms with E-state index in [0.717, 1.165) is 24.1 Å². The summed E-state index contributed by atoms with van der Waals surface area (Å²) in [4.78, 5) is 27.6. The first kappa shape index (κ1) is 21.8. The lowest BCUT2D eigenvalue weighted by atomic mass is 10.0. The molecule has 0 fully saturated rings. The third-order valence-corrected chi connectivity index (χ3v) is 5.95. The van der Waals surface area contributed by atoms with Gasteiger partial charge in [0.1, 0.15) is 22.7 Å². The molecule has 0 N–H and O–H groups in total. The molecule has 0 bridgehead atoms. The molecule has 0 spiro atoms. The Labute approximate surface area is 197 Å². The molecule has 0 aliphatic carbocycles. The molecule has 2 heterocycles. The van der Waals surface area contributed by atoms with Crippen LogP contribution in [0, 0.1) is 0 Å². The Morgan fingerprint density at radius 3 is 2.62 bits per heavy atom. The summed E-state index contributed by atoms with van der Waals surface area (Å²) in [7, 11) is 0. The van der Waals surface area contributed by atoms with Crippen molar-refractivity contribution in [1.82, 2.24) is 0 Å². The topological polar surface area (TPSA) is 69.0 Å². The maximum atomic E-state index is 13.0. The Morgan fingerprint density at radius 2 is 1.79 bits per heavy atom. The number of amides is 1. The normalized spacial score (nSPS) is 12.9. The first-order valence-electron chi connectivity index (χ1n) is 11.5. The van der Waals surface area contributed by atoms with Crippen molar-refractivity contribution in [3.05, 3.63) is 83.9 Å². The average Bonchev–Trinajstić information content (AvgIpc) is 3.26. The van der Waals surface area contributed by atoms with Gasteiger partial charge in [-0.2, -0.15) is 0 Å². The lowest BCUT2D eigenvalue weighted by molar-refractivity contribution is -0.120. The van der Waals surface area contributed by atoms with Crippen molar-refractivity contribution in [3.63, 3.8) is 0 Å². The number of rotatable bonds is 6. The number of carbonyl (C=O) groups is 2. The number of furan rings is 1. The average molecular weight is 456 g/mol. The van der Waals surface area contributed by atoms with Gasteiger partial charge in [0.05, 0.1) is 6.61 Å². The van der Waals surface area contributed by atoms with Crippen LogP contribution in [0.1, 0.15) is 29.3 Å². The molecule has 3 aromatic carbocycles. The molecule has 34 heavy (non-hydrogen) atoms. The highest BCUT2D eigenvalue weighted by Crippen LogP contribution is 2.36. The minimum absolute atomic E-state index is 0.0992. The van der Waals surface area contributed by atoms with E-state index in [2.05, 4.69) is 6.07 Å². The predicted molar refractivity (Wildman–Crippen MR) is 130 cm³/mol. The number of para-hydroxylation sites is 1. The molecule has 172 valence electrons. The number of hydrogen-bond acceptors (Lipinski definition) is 5. The molecular formula is C28H25NO5. The molecule has 0 atom stereocenters. The van der Waals surface area contributed by atoms with Crippen LogP contribution < -0.4 is 9.64 Å². The van der Waals surface area contributed by atoms with Crippen molar-refractivity contribution in [1.29, 1.82) is 0 Å². The molecular weight excluding hydrogens is 430 g/mol. The fourth-order valence-electron chi connectivity index (χ4n) is 4.38. The number of benzene rings is 3. The number of nitrogens with zero attached hydrogens (tertiary/aromatic N) is 1. The summed E-state index contributed by atoms with van der Waals surface area (Å²) in [5.74, 6) is 0.373. The minimum Gasteiger partial charge on any atom is -0.484 e. The van der Waals surface area contributed by atoms with Crippen LogP contribution in [-0.4, -0.2) is 31.6 Å². The van der Waals surface area contributed by atoms with Crippen LogP contribution in [0.25, 0.3) is 22.3 Å². The van der Waals surface area contributed by atoms with E-state index in [1.165, 1.54) is 5.56 Å². The van der Waals surface area contributed by atoms with Crippen molar-refractivity contribution in [2.45, 2.75) is 19.8 Å². The van der Waals surface area contributed by atoms with E-state index in [9.17, 15) is 9.59 Å². The van der Waals surface area contributed by atoms with Gasteiger partial charge in [-0.15, -0.1) is 0 Å². The third kappa shape index (κ3) is 4.15. The molecule has 0 unspecified atom stereocenters. The molecule has 1 aliphatic heterocycles. The van der Waals surface area contributed by atoms with Crippen molar-refractivity contribution < 1.29 is 23.5 Å². The molecule has 0 radical (unpaired) electrons. The molecule has 0 saturated carbocycles. The number of ether oxygens (including phenoxy) is 2. The highest BCUT2D eigenvalue weighted by atomic mass is 16.5. The van der Waals surface area contributed by atoms with Crippen molar-refractivity contribution in [3.8, 4) is 17.1 Å². The van der Waals surface area contributed by atoms with Crippen LogP contribution in [0.5, 0.6) is 5.75 Å². The highest BCUT2D eigenvalue weighted by Gasteiger charge is 2.25. The standard InChI is InChI=1S/C28H25NO5/c1-2-32-28(31)26-22-17-21(14-15-24(22)34-27(26)20-10-4-3-5-11-20)33-18-25(30)29-16-8-12-19-9-6-7-13-23(19)29/h3-7,9-11,13-15,17H,2,8,12,16,18H2,1H3. The molecule has 1 amide bonds. The largest absolute Gasteiger partial charge is 0.484 e. The molecule has 4 aromatic rings. The SMILES string of the molecule is CCOC(=O)c1c(-c2ccccc2)oc2ccc(OCC(=O)N3CCCc4ccccc43)cc12. The van der Waals surface area contributed by atoms with Crippen LogP contribution in [0.15, 0.2) is 77.2 Å². The van der Waals surface area contributed by atoms with Gasteiger partial charge >= 0.3 is 5.97 Å². The molecule has 5 rings (SSSR count). The second kappa shape index (κ2) is 9.43. The Kier molecular flexibility index (Phi) is 6.04. The fourth-order valence-corrected chi connectivity index (χ4v) is 4.38. The van der Waals surface area contributed by atoms with Gasteiger partial charge in [0.25, 0.3) is 5.91 Å². The summed E-state index contributed by atoms with van der Waals surface area (Å²) in [6, 6.07) is 22.6. The summed E-state index contributed by atoms with van der Waals surface area (Å²) in [6.07, 6.45) is 1.90. The van der Waals surface area contributed by atoms with E-state index in [4.69, 9.17) is 13.9 Å². The van der Waals surface area contributed by atoms with Crippen LogP contribution in [0.3, 0.4) is 0 Å². The molecule has 6 heteroatoms. The summed E-state index contributed by atoms with van der Waals surface area (Å²) in [5.41, 5.74) is 3.80. The lowest BCUT2D eigenvalue weighted by Gasteiger charge is -2.29. The van der Waals surface area contributed by atoms with Crippen molar-refractivity contribution in [2.75, 3.05) is 24.7 Å². The van der Waals surface area contributed by atoms with E-state index in [0.29, 0.717) is 34.6 Å². The van der Waals surface area contributed by atoms with Crippen molar-refractivity contribution in [2.24, 2.45) is 0 Å². The number of esters is 1. The summed E-state index contributed by atoms with van der Waals surface area (Å²) in [5, 5.41) is 0.588. The van der Waals surface area contributed by atoms with Gasteiger partial charge in [-0.1, -0.05) is 48.5 Å². The first-order valence-corrected chi connectivity index (χ1v) is 11.5. The minimum atomic E-state index is -0.460. The zero-order valence-electron chi connectivity index (χ0n) is 19.0. The Balaban J connectivity index is 1.42. The van der Waals surface area contributed by atoms with Gasteiger partial charge < -0.3 is 18.8 Å². The Bertz CT molecular complexity index is 1340. The summed E-state index contributed by atoms with van der Waals surface area (Å²) in [6.45, 7) is 2.59. The first-order chi connectivity index (χ1) is 16.7. The van der Waals surface area contributed by atoms with Gasteiger partial charge in [-0.25, -0.2) is 4.79 Å². The number of fused-ring (bicyclic) bond motifs is 2. The molecule has 1 aromatic heterocycles. The zero-order valence-corrected chi connectivity index (χ0v) is 19.0. The third-order valence-electron chi connectivity index (χ3n) is 5.95. The van der Waals surface area contributed by atoms with E-state index in [1.54, 1.807) is 30.0 Å². The second-order valence-electron chi connectivity index (χ2n) is 8.12. The van der Waals surface area contributed by atoms with E-state index in [1.807, 2.05) is 48.5 Å². The Hall–Kier alpha value is -4.06. The summed E-state index contributed by atoms with van der Waals surface area (Å²) >= 11 is 0. The van der Waals surface area contributed by atoms with Gasteiger partial charge in [0, 0.05) is 23.2 Å². The van der Waals surface area contributed by atoms with Crippen LogP contribution in [-0.2, 0) is 16.0 Å². The number of anilines is 1. The number of aryl methyl sites for hydroxylation is 1. The fraction of sp³-hybridized carbons (Fsp3) is 0.214. The zero-order chi connectivity index (χ0) is 23.5. The second-order valence-corrected chi connectivity index (χ2v) is 8.12. The lowest BCUT2D eigenvalue weighted by Crippen LogP contribution is -2.38. The van der Waals surface area contributed by atoms with Gasteiger partial charge in [0.2, 0.25) is 0 Å². The van der Waals surface area contributed by atoms with Crippen LogP contribution in [0.4, 0.5) is 5.69 Å². The van der Waals surface area contributed by atoms with Crippen LogP contribution >= 0.6 is 0 Å². The van der Waals surface area contributed by atoms with E-state index in [-0.39, 0.29) is 19.1 Å². The molecule has 1 aliphatic rings. The quantitative estimate of drug-likeness (QED) is 0.352. The van der Waals surface area contributed by atoms with Gasteiger partial charge in [-0.05, 0) is 49.6 Å². The monoisotopic (exact) mass is 455 g/mol. The molecule has 6 nitrogen and oxygen atoms in total. The smallest absolute Gasteiger partial charge is 0.342 e.